The molecule has 206 valence electrons. The van der Waals surface area contributed by atoms with Crippen LogP contribution < -0.4 is 10.2 Å². The first-order chi connectivity index (χ1) is 18.7. The van der Waals surface area contributed by atoms with Crippen LogP contribution in [0.3, 0.4) is 0 Å². The molecule has 0 bridgehead atoms. The van der Waals surface area contributed by atoms with Gasteiger partial charge in [0.25, 0.3) is 5.91 Å². The van der Waals surface area contributed by atoms with Crippen LogP contribution in [0, 0.1) is 0 Å². The van der Waals surface area contributed by atoms with Crippen LogP contribution in [0.15, 0.2) is 54.9 Å². The Morgan fingerprint density at radius 3 is 2.44 bits per heavy atom. The van der Waals surface area contributed by atoms with Gasteiger partial charge in [0.05, 0.1) is 6.10 Å². The Morgan fingerprint density at radius 2 is 1.79 bits per heavy atom. The number of benzene rings is 2. The number of carbonyl (C=O) groups excluding carboxylic acids is 2. The van der Waals surface area contributed by atoms with Crippen LogP contribution in [0.2, 0.25) is 0 Å². The van der Waals surface area contributed by atoms with Crippen LogP contribution >= 0.6 is 0 Å². The number of ether oxygens (including phenoxy) is 2. The van der Waals surface area contributed by atoms with Crippen molar-refractivity contribution in [3.8, 4) is 11.4 Å². The molecule has 1 saturated heterocycles. The van der Waals surface area contributed by atoms with Crippen molar-refractivity contribution >= 4 is 23.4 Å². The van der Waals surface area contributed by atoms with Crippen molar-refractivity contribution in [3.63, 3.8) is 0 Å². The first-order valence-electron chi connectivity index (χ1n) is 13.5. The average Bonchev–Trinajstić information content (AvgIpc) is 3.47. The van der Waals surface area contributed by atoms with E-state index in [0.717, 1.165) is 54.1 Å². The van der Waals surface area contributed by atoms with Crippen LogP contribution in [0.1, 0.15) is 50.8 Å². The Hall–Kier alpha value is -3.85. The fourth-order valence-corrected chi connectivity index (χ4v) is 5.42. The number of methoxy groups -OCH3 is 1. The number of carbonyl (C=O) groups is 2. The molecule has 2 amide bonds. The molecule has 9 heteroatoms. The highest BCUT2D eigenvalue weighted by molar-refractivity contribution is 5.98. The molecule has 2 N–H and O–H groups in total. The maximum absolute atomic E-state index is 13.9. The quantitative estimate of drug-likeness (QED) is 0.472. The number of aromatic nitrogens is 2. The Morgan fingerprint density at radius 1 is 1.05 bits per heavy atom. The van der Waals surface area contributed by atoms with Crippen LogP contribution in [0.5, 0.6) is 0 Å². The lowest BCUT2D eigenvalue weighted by Crippen LogP contribution is -2.47. The van der Waals surface area contributed by atoms with Gasteiger partial charge in [0.1, 0.15) is 17.5 Å². The number of piperidine rings is 1. The Labute approximate surface area is 229 Å². The zero-order valence-corrected chi connectivity index (χ0v) is 23.1. The minimum absolute atomic E-state index is 0.275. The molecule has 5 rings (SSSR count). The molecular formula is C30H37N5O4. The number of aromatic amines is 1. The average molecular weight is 532 g/mol. The van der Waals surface area contributed by atoms with E-state index in [0.29, 0.717) is 18.7 Å². The van der Waals surface area contributed by atoms with Crippen molar-refractivity contribution < 1.29 is 19.1 Å². The number of anilines is 2. The minimum atomic E-state index is -0.815. The predicted molar refractivity (Wildman–Crippen MR) is 151 cm³/mol. The normalized spacial score (nSPS) is 18.0. The van der Waals surface area contributed by atoms with Gasteiger partial charge in [0.15, 0.2) is 0 Å². The van der Waals surface area contributed by atoms with Gasteiger partial charge in [-0.2, -0.15) is 0 Å². The number of imidazole rings is 1. The lowest BCUT2D eigenvalue weighted by molar-refractivity contribution is -0.121. The molecule has 0 saturated carbocycles. The van der Waals surface area contributed by atoms with Gasteiger partial charge in [-0.15, -0.1) is 0 Å². The second-order valence-electron chi connectivity index (χ2n) is 11.1. The molecule has 0 aliphatic carbocycles. The zero-order valence-electron chi connectivity index (χ0n) is 23.1. The van der Waals surface area contributed by atoms with Crippen molar-refractivity contribution in [1.82, 2.24) is 14.9 Å². The number of H-pyrrole nitrogens is 1. The third-order valence-electron chi connectivity index (χ3n) is 7.31. The second-order valence-corrected chi connectivity index (χ2v) is 11.1. The van der Waals surface area contributed by atoms with Gasteiger partial charge < -0.3 is 24.7 Å². The Balaban J connectivity index is 1.44. The fraction of sp³-hybridized carbons (Fsp3) is 0.433. The van der Waals surface area contributed by atoms with Gasteiger partial charge in [0, 0.05) is 56.1 Å². The van der Waals surface area contributed by atoms with E-state index in [9.17, 15) is 9.59 Å². The SMILES string of the molecule is COC1CCN(c2cccc3c2CCN(C(=O)OC(C)(C)C)C3C(=O)Nc2ccc(-c3ncc[nH]3)cc2)CC1. The van der Waals surface area contributed by atoms with Gasteiger partial charge >= 0.3 is 6.09 Å². The van der Waals surface area contributed by atoms with Gasteiger partial charge in [-0.1, -0.05) is 12.1 Å². The molecule has 39 heavy (non-hydrogen) atoms. The van der Waals surface area contributed by atoms with E-state index in [4.69, 9.17) is 9.47 Å². The van der Waals surface area contributed by atoms with Crippen molar-refractivity contribution in [2.75, 3.05) is 37.0 Å². The smallest absolute Gasteiger partial charge is 0.411 e. The maximum atomic E-state index is 13.9. The lowest BCUT2D eigenvalue weighted by atomic mass is 9.89. The summed E-state index contributed by atoms with van der Waals surface area (Å²) in [5, 5.41) is 3.04. The highest BCUT2D eigenvalue weighted by Gasteiger charge is 2.39. The third kappa shape index (κ3) is 5.93. The highest BCUT2D eigenvalue weighted by atomic mass is 16.6. The fourth-order valence-electron chi connectivity index (χ4n) is 5.42. The lowest BCUT2D eigenvalue weighted by Gasteiger charge is -2.40. The summed E-state index contributed by atoms with van der Waals surface area (Å²) in [4.78, 5) is 38.5. The van der Waals surface area contributed by atoms with Crippen LogP contribution in [-0.4, -0.2) is 65.3 Å². The molecule has 9 nitrogen and oxygen atoms in total. The Kier molecular flexibility index (Phi) is 7.61. The van der Waals surface area contributed by atoms with E-state index < -0.39 is 17.7 Å². The van der Waals surface area contributed by atoms with Crippen molar-refractivity contribution in [2.24, 2.45) is 0 Å². The van der Waals surface area contributed by atoms with Gasteiger partial charge in [-0.3, -0.25) is 9.69 Å². The number of amides is 2. The van der Waals surface area contributed by atoms with Crippen molar-refractivity contribution in [1.29, 1.82) is 0 Å². The molecule has 3 aromatic rings. The van der Waals surface area contributed by atoms with Crippen LogP contribution in [0.4, 0.5) is 16.2 Å². The largest absolute Gasteiger partial charge is 0.444 e. The zero-order chi connectivity index (χ0) is 27.6. The topological polar surface area (TPSA) is 99.8 Å². The molecule has 2 aliphatic rings. The van der Waals surface area contributed by atoms with E-state index in [1.165, 1.54) is 0 Å². The molecule has 3 heterocycles. The second kappa shape index (κ2) is 11.1. The van der Waals surface area contributed by atoms with E-state index in [1.54, 1.807) is 24.4 Å². The molecule has 0 radical (unpaired) electrons. The third-order valence-corrected chi connectivity index (χ3v) is 7.31. The number of fused-ring (bicyclic) bond motifs is 1. The summed E-state index contributed by atoms with van der Waals surface area (Å²) >= 11 is 0. The standard InChI is InChI=1S/C30H37N5O4/c1-30(2,3)39-29(37)35-19-14-23-24(6-5-7-25(23)34-17-12-22(38-4)13-18-34)26(35)28(36)33-21-10-8-20(9-11-21)27-31-15-16-32-27/h5-11,15-16,22,26H,12-14,17-19H2,1-4H3,(H,31,32)(H,33,36). The minimum Gasteiger partial charge on any atom is -0.444 e. The summed E-state index contributed by atoms with van der Waals surface area (Å²) < 4.78 is 11.3. The van der Waals surface area contributed by atoms with Crippen molar-refractivity contribution in [2.45, 2.75) is 57.8 Å². The molecule has 1 atom stereocenters. The molecule has 1 fully saturated rings. The number of hydrogen-bond donors (Lipinski definition) is 2. The van der Waals surface area contributed by atoms with Gasteiger partial charge in [0.2, 0.25) is 0 Å². The number of rotatable bonds is 5. The van der Waals surface area contributed by atoms with E-state index in [2.05, 4.69) is 26.3 Å². The number of nitrogens with one attached hydrogen (secondary N) is 2. The molecule has 1 unspecified atom stereocenters. The molecule has 2 aliphatic heterocycles. The van der Waals surface area contributed by atoms with E-state index >= 15 is 0 Å². The predicted octanol–water partition coefficient (Wildman–Crippen LogP) is 5.16. The van der Waals surface area contributed by atoms with Gasteiger partial charge in [-0.25, -0.2) is 9.78 Å². The number of nitrogens with zero attached hydrogens (tertiary/aromatic N) is 3. The van der Waals surface area contributed by atoms with Crippen LogP contribution in [-0.2, 0) is 20.7 Å². The molecule has 1 aromatic heterocycles. The summed E-state index contributed by atoms with van der Waals surface area (Å²) in [7, 11) is 1.77. The molecule has 2 aromatic carbocycles. The van der Waals surface area contributed by atoms with E-state index in [-0.39, 0.29) is 12.0 Å². The number of hydrogen-bond acceptors (Lipinski definition) is 6. The molecule has 0 spiro atoms. The molecular weight excluding hydrogens is 494 g/mol. The summed E-state index contributed by atoms with van der Waals surface area (Å²) in [6.07, 6.45) is 5.82. The van der Waals surface area contributed by atoms with Crippen molar-refractivity contribution in [3.05, 3.63) is 66.0 Å². The van der Waals surface area contributed by atoms with E-state index in [1.807, 2.05) is 57.2 Å². The monoisotopic (exact) mass is 531 g/mol. The summed E-state index contributed by atoms with van der Waals surface area (Å²) in [6, 6.07) is 12.7. The van der Waals surface area contributed by atoms with Crippen LogP contribution in [0.25, 0.3) is 11.4 Å². The first kappa shape index (κ1) is 26.7. The Bertz CT molecular complexity index is 1290. The summed E-state index contributed by atoms with van der Waals surface area (Å²) in [5.41, 5.74) is 3.96. The maximum Gasteiger partial charge on any atom is 0.411 e. The van der Waals surface area contributed by atoms with Gasteiger partial charge in [-0.05, 0) is 81.5 Å². The summed E-state index contributed by atoms with van der Waals surface area (Å²) in [6.45, 7) is 7.68. The highest BCUT2D eigenvalue weighted by Crippen LogP contribution is 2.38. The first-order valence-corrected chi connectivity index (χ1v) is 13.5. The summed E-state index contributed by atoms with van der Waals surface area (Å²) in [5.74, 6) is 0.482.